The Kier molecular flexibility index (Phi) is 7.36. The number of hydrogen-bond acceptors (Lipinski definition) is 8. The number of piperidine rings is 1. The highest BCUT2D eigenvalue weighted by atomic mass is 19.1. The molecule has 2 atom stereocenters. The fourth-order valence-electron chi connectivity index (χ4n) is 4.34. The number of benzene rings is 1. The van der Waals surface area contributed by atoms with E-state index in [4.69, 9.17) is 16.3 Å². The minimum absolute atomic E-state index is 0.0167. The Bertz CT molecular complexity index is 960. The molecule has 2 heterocycles. The molecule has 1 saturated heterocycles. The van der Waals surface area contributed by atoms with E-state index >= 15 is 0 Å². The van der Waals surface area contributed by atoms with Gasteiger partial charge in [0.1, 0.15) is 6.17 Å². The van der Waals surface area contributed by atoms with E-state index < -0.39 is 6.17 Å². The van der Waals surface area contributed by atoms with E-state index in [1.54, 1.807) is 0 Å². The molecule has 2 unspecified atom stereocenters. The number of aromatic nitrogens is 2. The van der Waals surface area contributed by atoms with E-state index in [0.29, 0.717) is 30.2 Å². The van der Waals surface area contributed by atoms with Crippen molar-refractivity contribution in [2.75, 3.05) is 31.6 Å². The number of likely N-dealkylation sites (tertiary alicyclic amines) is 1. The van der Waals surface area contributed by atoms with Gasteiger partial charge in [-0.15, -0.1) is 0 Å². The second-order valence-corrected chi connectivity index (χ2v) is 8.53. The molecule has 4 rings (SSSR count). The summed E-state index contributed by atoms with van der Waals surface area (Å²) in [6, 6.07) is 8.60. The number of halogens is 1. The number of anilines is 1. The average Bonchev–Trinajstić information content (AvgIpc) is 3.22. The van der Waals surface area contributed by atoms with Gasteiger partial charge in [0.05, 0.1) is 31.0 Å². The molecule has 6 N–H and O–H groups in total. The van der Waals surface area contributed by atoms with Crippen molar-refractivity contribution in [3.63, 3.8) is 0 Å². The van der Waals surface area contributed by atoms with E-state index in [-0.39, 0.29) is 37.6 Å². The first-order valence-corrected chi connectivity index (χ1v) is 11.1. The lowest BCUT2D eigenvalue weighted by atomic mass is 9.95. The normalized spacial score (nSPS) is 21.0. The molecule has 1 aromatic carbocycles. The van der Waals surface area contributed by atoms with Crippen LogP contribution in [-0.2, 0) is 17.6 Å². The van der Waals surface area contributed by atoms with Crippen LogP contribution in [0.15, 0.2) is 48.6 Å². The summed E-state index contributed by atoms with van der Waals surface area (Å²) in [5.41, 5.74) is 11.4. The lowest BCUT2D eigenvalue weighted by Gasteiger charge is -2.34. The SMILES string of the molecule is NN/C=C(\N)COCC1CCN(C(=O)c2cnc(NC3Cc4ccccc4C3)nc2)CC1F. The second kappa shape index (κ2) is 10.6. The van der Waals surface area contributed by atoms with E-state index in [2.05, 4.69) is 32.8 Å². The summed E-state index contributed by atoms with van der Waals surface area (Å²) in [5, 5.41) is 3.34. The minimum atomic E-state index is -1.17. The van der Waals surface area contributed by atoms with Gasteiger partial charge in [-0.25, -0.2) is 14.4 Å². The van der Waals surface area contributed by atoms with Crippen LogP contribution in [-0.4, -0.2) is 59.3 Å². The third-order valence-electron chi connectivity index (χ3n) is 6.12. The smallest absolute Gasteiger partial charge is 0.257 e. The van der Waals surface area contributed by atoms with Gasteiger partial charge < -0.3 is 26.1 Å². The molecule has 9 nitrogen and oxygen atoms in total. The summed E-state index contributed by atoms with van der Waals surface area (Å²) < 4.78 is 20.1. The molecule has 1 fully saturated rings. The number of nitrogens with two attached hydrogens (primary N) is 2. The quantitative estimate of drug-likeness (QED) is 0.344. The van der Waals surface area contributed by atoms with Crippen molar-refractivity contribution in [2.45, 2.75) is 31.5 Å². The molecule has 2 aliphatic rings. The number of fused-ring (bicyclic) bond motifs is 1. The predicted octanol–water partition coefficient (Wildman–Crippen LogP) is 1.14. The summed E-state index contributed by atoms with van der Waals surface area (Å²) in [6.07, 6.45) is 5.60. The van der Waals surface area contributed by atoms with E-state index in [1.807, 2.05) is 12.1 Å². The van der Waals surface area contributed by atoms with Crippen LogP contribution < -0.4 is 22.3 Å². The highest BCUT2D eigenvalue weighted by Crippen LogP contribution is 2.24. The molecular formula is C23H30FN7O2. The molecular weight excluding hydrogens is 425 g/mol. The van der Waals surface area contributed by atoms with E-state index in [1.165, 1.54) is 34.6 Å². The number of hydrazine groups is 1. The lowest BCUT2D eigenvalue weighted by molar-refractivity contribution is 0.0211. The van der Waals surface area contributed by atoms with Crippen LogP contribution in [0.5, 0.6) is 0 Å². The van der Waals surface area contributed by atoms with Crippen molar-refractivity contribution in [3.8, 4) is 0 Å². The molecule has 2 aromatic rings. The molecule has 1 amide bonds. The van der Waals surface area contributed by atoms with Crippen LogP contribution in [0.1, 0.15) is 27.9 Å². The Morgan fingerprint density at radius 1 is 1.24 bits per heavy atom. The molecule has 33 heavy (non-hydrogen) atoms. The first-order valence-electron chi connectivity index (χ1n) is 11.1. The molecule has 0 saturated carbocycles. The average molecular weight is 456 g/mol. The number of hydrogen-bond donors (Lipinski definition) is 4. The molecule has 176 valence electrons. The van der Waals surface area contributed by atoms with Gasteiger partial charge in [-0.3, -0.25) is 10.6 Å². The van der Waals surface area contributed by atoms with Gasteiger partial charge in [0.25, 0.3) is 5.91 Å². The molecule has 1 aliphatic carbocycles. The monoisotopic (exact) mass is 455 g/mol. The number of nitrogens with zero attached hydrogens (tertiary/aromatic N) is 3. The zero-order chi connectivity index (χ0) is 23.2. The minimum Gasteiger partial charge on any atom is -0.399 e. The Labute approximate surface area is 192 Å². The maximum atomic E-state index is 14.7. The standard InChI is InChI=1S/C23H30FN7O2/c24-21-12-31(6-5-17(21)13-33-14-19(25)11-29-26)22(32)18-9-27-23(28-10-18)30-20-7-15-3-1-2-4-16(15)8-20/h1-4,9-11,17,20-21,29H,5-8,12-14,25-26H2,(H,27,28,30)/b19-11-. The molecule has 0 radical (unpaired) electrons. The molecule has 0 spiro atoms. The summed E-state index contributed by atoms with van der Waals surface area (Å²) >= 11 is 0. The number of amides is 1. The van der Waals surface area contributed by atoms with Crippen LogP contribution in [0, 0.1) is 5.92 Å². The fraction of sp³-hybridized carbons (Fsp3) is 0.435. The van der Waals surface area contributed by atoms with Crippen molar-refractivity contribution < 1.29 is 13.9 Å². The highest BCUT2D eigenvalue weighted by molar-refractivity contribution is 5.93. The zero-order valence-corrected chi connectivity index (χ0v) is 18.4. The van der Waals surface area contributed by atoms with Gasteiger partial charge in [0.15, 0.2) is 0 Å². The zero-order valence-electron chi connectivity index (χ0n) is 18.4. The van der Waals surface area contributed by atoms with Crippen LogP contribution in [0.2, 0.25) is 0 Å². The van der Waals surface area contributed by atoms with Gasteiger partial charge in [-0.1, -0.05) is 24.3 Å². The molecule has 10 heteroatoms. The van der Waals surface area contributed by atoms with Gasteiger partial charge in [0, 0.05) is 37.1 Å². The number of carbonyl (C=O) groups excluding carboxylic acids is 1. The maximum absolute atomic E-state index is 14.7. The van der Waals surface area contributed by atoms with Crippen molar-refractivity contribution in [2.24, 2.45) is 17.5 Å². The largest absolute Gasteiger partial charge is 0.399 e. The van der Waals surface area contributed by atoms with Gasteiger partial charge >= 0.3 is 0 Å². The van der Waals surface area contributed by atoms with Gasteiger partial charge in [-0.05, 0) is 30.4 Å². The Morgan fingerprint density at radius 3 is 2.58 bits per heavy atom. The Hall–Kier alpha value is -3.24. The third-order valence-corrected chi connectivity index (χ3v) is 6.12. The number of rotatable bonds is 8. The Morgan fingerprint density at radius 2 is 1.94 bits per heavy atom. The summed E-state index contributed by atoms with van der Waals surface area (Å²) in [5.74, 6) is 5.08. The van der Waals surface area contributed by atoms with Crippen molar-refractivity contribution in [3.05, 3.63) is 65.2 Å². The van der Waals surface area contributed by atoms with Gasteiger partial charge in [-0.2, -0.15) is 0 Å². The number of ether oxygens (including phenoxy) is 1. The van der Waals surface area contributed by atoms with Crippen molar-refractivity contribution in [1.29, 1.82) is 0 Å². The van der Waals surface area contributed by atoms with Crippen LogP contribution >= 0.6 is 0 Å². The van der Waals surface area contributed by atoms with E-state index in [0.717, 1.165) is 12.8 Å². The third kappa shape index (κ3) is 5.77. The summed E-state index contributed by atoms with van der Waals surface area (Å²) in [7, 11) is 0. The summed E-state index contributed by atoms with van der Waals surface area (Å²) in [4.78, 5) is 22.9. The number of alkyl halides is 1. The first kappa shape index (κ1) is 22.9. The van der Waals surface area contributed by atoms with Crippen LogP contribution in [0.25, 0.3) is 0 Å². The Balaban J connectivity index is 1.25. The molecule has 0 bridgehead atoms. The highest BCUT2D eigenvalue weighted by Gasteiger charge is 2.32. The fourth-order valence-corrected chi connectivity index (χ4v) is 4.34. The van der Waals surface area contributed by atoms with Crippen LogP contribution in [0.4, 0.5) is 10.3 Å². The number of nitrogens with one attached hydrogen (secondary N) is 2. The van der Waals surface area contributed by atoms with Crippen LogP contribution in [0.3, 0.4) is 0 Å². The molecule has 1 aromatic heterocycles. The topological polar surface area (TPSA) is 131 Å². The maximum Gasteiger partial charge on any atom is 0.257 e. The lowest BCUT2D eigenvalue weighted by Crippen LogP contribution is -2.46. The summed E-state index contributed by atoms with van der Waals surface area (Å²) in [6.45, 7) is 0.865. The van der Waals surface area contributed by atoms with Crippen molar-refractivity contribution >= 4 is 11.9 Å². The second-order valence-electron chi connectivity index (χ2n) is 8.53. The first-order chi connectivity index (χ1) is 16.0. The number of carbonyl (C=O) groups is 1. The van der Waals surface area contributed by atoms with E-state index in [9.17, 15) is 9.18 Å². The molecule has 1 aliphatic heterocycles. The van der Waals surface area contributed by atoms with Crippen molar-refractivity contribution in [1.82, 2.24) is 20.3 Å². The predicted molar refractivity (Wildman–Crippen MR) is 123 cm³/mol. The van der Waals surface area contributed by atoms with Gasteiger partial charge in [0.2, 0.25) is 5.95 Å².